The van der Waals surface area contributed by atoms with Crippen LogP contribution in [0.5, 0.6) is 0 Å². The second-order valence-electron chi connectivity index (χ2n) is 8.33. The van der Waals surface area contributed by atoms with Crippen LogP contribution in [0.2, 0.25) is 0 Å². The van der Waals surface area contributed by atoms with E-state index in [1.54, 1.807) is 17.3 Å². The Morgan fingerprint density at radius 1 is 1.45 bits per heavy atom. The van der Waals surface area contributed by atoms with Gasteiger partial charge < -0.3 is 15.8 Å². The third-order valence-electron chi connectivity index (χ3n) is 4.30. The summed E-state index contributed by atoms with van der Waals surface area (Å²) in [5.41, 5.74) is 6.25. The molecule has 29 heavy (non-hydrogen) atoms. The fourth-order valence-electron chi connectivity index (χ4n) is 3.08. The van der Waals surface area contributed by atoms with Crippen molar-refractivity contribution in [2.24, 2.45) is 4.99 Å². The highest BCUT2D eigenvalue weighted by Crippen LogP contribution is 2.19. The van der Waals surface area contributed by atoms with E-state index in [1.165, 1.54) is 6.34 Å². The quantitative estimate of drug-likeness (QED) is 0.513. The highest BCUT2D eigenvalue weighted by molar-refractivity contribution is 6.06. The molecular formula is C20H33N7O2. The number of carbonyl (C=O) groups is 1. The van der Waals surface area contributed by atoms with Crippen LogP contribution in [0.4, 0.5) is 10.6 Å². The molecule has 9 heteroatoms. The normalized spacial score (nSPS) is 16.6. The van der Waals surface area contributed by atoms with E-state index in [4.69, 9.17) is 20.9 Å². The standard InChI is InChI=1S/C20H33N7O2/c1-14(2)24-18(16-7-6-10-23-17(16)22)27(13-21)26-11-8-15(9-12-26)25-19(28)29-20(3,4)5/h6-7,10,13-15,21H,8-9,11-12H2,1-5H3,(H2,22,23)(H,25,28)/b21-13?,24-18-. The number of carbonyl (C=O) groups excluding carboxylic acids is 1. The molecule has 0 radical (unpaired) electrons. The van der Waals surface area contributed by atoms with E-state index in [0.717, 1.165) is 12.8 Å². The smallest absolute Gasteiger partial charge is 0.407 e. The van der Waals surface area contributed by atoms with Crippen LogP contribution in [0.25, 0.3) is 0 Å². The molecule has 2 rings (SSSR count). The Kier molecular flexibility index (Phi) is 7.55. The number of piperidine rings is 1. The summed E-state index contributed by atoms with van der Waals surface area (Å²) in [6.45, 7) is 10.8. The molecule has 2 heterocycles. The fraction of sp³-hybridized carbons (Fsp3) is 0.600. The van der Waals surface area contributed by atoms with Gasteiger partial charge in [0.05, 0.1) is 5.56 Å². The molecule has 1 aromatic rings. The van der Waals surface area contributed by atoms with Crippen molar-refractivity contribution in [2.75, 3.05) is 18.8 Å². The van der Waals surface area contributed by atoms with E-state index in [0.29, 0.717) is 30.3 Å². The maximum absolute atomic E-state index is 12.0. The molecule has 1 amide bonds. The second-order valence-corrected chi connectivity index (χ2v) is 8.33. The summed E-state index contributed by atoms with van der Waals surface area (Å²) in [7, 11) is 0. The topological polar surface area (TPSA) is 120 Å². The van der Waals surface area contributed by atoms with Crippen LogP contribution < -0.4 is 11.1 Å². The summed E-state index contributed by atoms with van der Waals surface area (Å²) in [6.07, 6.45) is 3.95. The van der Waals surface area contributed by atoms with Gasteiger partial charge in [-0.3, -0.25) is 10.4 Å². The number of hydrogen-bond acceptors (Lipinski definition) is 7. The molecule has 0 saturated carbocycles. The number of aromatic nitrogens is 1. The monoisotopic (exact) mass is 403 g/mol. The number of aliphatic imine (C=N–C) groups is 1. The van der Waals surface area contributed by atoms with E-state index >= 15 is 0 Å². The lowest BCUT2D eigenvalue weighted by Gasteiger charge is -2.39. The Morgan fingerprint density at radius 3 is 2.62 bits per heavy atom. The molecule has 1 aliphatic heterocycles. The van der Waals surface area contributed by atoms with Gasteiger partial charge in [0.25, 0.3) is 0 Å². The zero-order chi connectivity index (χ0) is 21.6. The Hall–Kier alpha value is -2.68. The summed E-state index contributed by atoms with van der Waals surface area (Å²) in [5, 5.41) is 14.7. The zero-order valence-electron chi connectivity index (χ0n) is 18.0. The second kappa shape index (κ2) is 9.69. The molecule has 0 aliphatic carbocycles. The first-order chi connectivity index (χ1) is 13.6. The molecular weight excluding hydrogens is 370 g/mol. The highest BCUT2D eigenvalue weighted by atomic mass is 16.6. The molecule has 0 bridgehead atoms. The Labute approximate surface area is 172 Å². The van der Waals surface area contributed by atoms with E-state index in [-0.39, 0.29) is 12.1 Å². The molecule has 0 spiro atoms. The molecule has 0 unspecified atom stereocenters. The maximum atomic E-state index is 12.0. The maximum Gasteiger partial charge on any atom is 0.407 e. The van der Waals surface area contributed by atoms with Gasteiger partial charge in [-0.2, -0.15) is 0 Å². The first kappa shape index (κ1) is 22.6. The predicted molar refractivity (Wildman–Crippen MR) is 115 cm³/mol. The van der Waals surface area contributed by atoms with Crippen molar-refractivity contribution in [1.29, 1.82) is 5.41 Å². The largest absolute Gasteiger partial charge is 0.444 e. The molecule has 0 aromatic carbocycles. The molecule has 0 atom stereocenters. The average Bonchev–Trinajstić information content (AvgIpc) is 2.61. The number of nitrogen functional groups attached to an aromatic ring is 1. The van der Waals surface area contributed by atoms with Gasteiger partial charge in [-0.25, -0.2) is 19.8 Å². The number of rotatable bonds is 5. The van der Waals surface area contributed by atoms with Crippen molar-refractivity contribution >= 4 is 24.1 Å². The number of hydrogen-bond donors (Lipinski definition) is 3. The summed E-state index contributed by atoms with van der Waals surface area (Å²) >= 11 is 0. The molecule has 1 saturated heterocycles. The van der Waals surface area contributed by atoms with E-state index in [1.807, 2.05) is 45.7 Å². The molecule has 1 aliphatic rings. The zero-order valence-corrected chi connectivity index (χ0v) is 18.0. The third kappa shape index (κ3) is 6.70. The number of alkyl carbamates (subject to hydrolysis) is 1. The lowest BCUT2D eigenvalue weighted by Crippen LogP contribution is -2.53. The Morgan fingerprint density at radius 2 is 2.10 bits per heavy atom. The number of ether oxygens (including phenoxy) is 1. The molecule has 1 aromatic heterocycles. The average molecular weight is 404 g/mol. The van der Waals surface area contributed by atoms with Crippen LogP contribution in [0.1, 0.15) is 53.0 Å². The van der Waals surface area contributed by atoms with E-state index in [9.17, 15) is 4.79 Å². The van der Waals surface area contributed by atoms with Crippen LogP contribution in [0.3, 0.4) is 0 Å². The number of anilines is 1. The van der Waals surface area contributed by atoms with Crippen LogP contribution in [0.15, 0.2) is 23.3 Å². The van der Waals surface area contributed by atoms with Crippen molar-refractivity contribution in [3.8, 4) is 0 Å². The van der Waals surface area contributed by atoms with Gasteiger partial charge in [0, 0.05) is 31.4 Å². The van der Waals surface area contributed by atoms with Crippen molar-refractivity contribution in [2.45, 2.75) is 65.1 Å². The van der Waals surface area contributed by atoms with Crippen molar-refractivity contribution in [3.05, 3.63) is 23.9 Å². The van der Waals surface area contributed by atoms with Crippen LogP contribution >= 0.6 is 0 Å². The minimum atomic E-state index is -0.520. The molecule has 1 fully saturated rings. The minimum absolute atomic E-state index is 0.0263. The van der Waals surface area contributed by atoms with Gasteiger partial charge in [0.2, 0.25) is 0 Å². The number of nitrogens with two attached hydrogens (primary N) is 1. The number of nitrogens with one attached hydrogen (secondary N) is 2. The van der Waals surface area contributed by atoms with Gasteiger partial charge in [0.1, 0.15) is 17.8 Å². The van der Waals surface area contributed by atoms with Gasteiger partial charge in [-0.05, 0) is 59.6 Å². The Balaban J connectivity index is 2.09. The minimum Gasteiger partial charge on any atom is -0.444 e. The van der Waals surface area contributed by atoms with Crippen molar-refractivity contribution in [3.63, 3.8) is 0 Å². The van der Waals surface area contributed by atoms with E-state index < -0.39 is 11.7 Å². The van der Waals surface area contributed by atoms with Gasteiger partial charge >= 0.3 is 6.09 Å². The number of pyridine rings is 1. The summed E-state index contributed by atoms with van der Waals surface area (Å²) in [4.78, 5) is 20.9. The van der Waals surface area contributed by atoms with Crippen LogP contribution in [0, 0.1) is 5.41 Å². The molecule has 160 valence electrons. The summed E-state index contributed by atoms with van der Waals surface area (Å²) in [6, 6.07) is 3.72. The third-order valence-corrected chi connectivity index (χ3v) is 4.30. The SMILES string of the molecule is CC(C)/N=C(/c1cccnc1N)N(C=N)N1CCC(NC(=O)OC(C)(C)C)CC1. The number of nitrogens with zero attached hydrogens (tertiary/aromatic N) is 4. The van der Waals surface area contributed by atoms with Gasteiger partial charge in [-0.15, -0.1) is 0 Å². The lowest BCUT2D eigenvalue weighted by atomic mass is 10.1. The number of amidine groups is 1. The van der Waals surface area contributed by atoms with Crippen molar-refractivity contribution in [1.82, 2.24) is 20.3 Å². The molecule has 4 N–H and O–H groups in total. The molecule has 9 nitrogen and oxygen atoms in total. The summed E-state index contributed by atoms with van der Waals surface area (Å²) < 4.78 is 5.34. The van der Waals surface area contributed by atoms with Crippen molar-refractivity contribution < 1.29 is 9.53 Å². The Bertz CT molecular complexity index is 735. The van der Waals surface area contributed by atoms with Gasteiger partial charge in [-0.1, -0.05) is 0 Å². The number of amides is 1. The number of hydrazine groups is 1. The van der Waals surface area contributed by atoms with E-state index in [2.05, 4.69) is 10.3 Å². The lowest BCUT2D eigenvalue weighted by molar-refractivity contribution is 0.0410. The van der Waals surface area contributed by atoms with Crippen LogP contribution in [-0.4, -0.2) is 64.0 Å². The predicted octanol–water partition coefficient (Wildman–Crippen LogP) is 2.63. The fourth-order valence-corrected chi connectivity index (χ4v) is 3.08. The van der Waals surface area contributed by atoms with Gasteiger partial charge in [0.15, 0.2) is 5.84 Å². The van der Waals surface area contributed by atoms with Crippen LogP contribution in [-0.2, 0) is 4.74 Å². The first-order valence-electron chi connectivity index (χ1n) is 9.93. The first-order valence-corrected chi connectivity index (χ1v) is 9.93. The summed E-state index contributed by atoms with van der Waals surface area (Å²) in [5.74, 6) is 0.972. The highest BCUT2D eigenvalue weighted by Gasteiger charge is 2.28.